The lowest BCUT2D eigenvalue weighted by molar-refractivity contribution is -0.00614. The number of pyridine rings is 1. The van der Waals surface area contributed by atoms with Crippen LogP contribution in [-0.4, -0.2) is 59.7 Å². The molecule has 2 saturated heterocycles. The van der Waals surface area contributed by atoms with Crippen LogP contribution in [0.1, 0.15) is 38.2 Å². The Hall–Kier alpha value is -0.970. The molecule has 1 aromatic heterocycles. The second-order valence-electron chi connectivity index (χ2n) is 6.60. The molecule has 122 valence electrons. The molecule has 0 aliphatic carbocycles. The first-order valence-electron chi connectivity index (χ1n) is 8.82. The number of likely N-dealkylation sites (N-methyl/N-ethyl adjacent to an activating group) is 1. The van der Waals surface area contributed by atoms with Gasteiger partial charge < -0.3 is 9.64 Å². The van der Waals surface area contributed by atoms with E-state index in [4.69, 9.17) is 4.74 Å². The lowest BCUT2D eigenvalue weighted by Gasteiger charge is -2.35. The summed E-state index contributed by atoms with van der Waals surface area (Å²) in [4.78, 5) is 9.43. The van der Waals surface area contributed by atoms with Gasteiger partial charge in [0.1, 0.15) is 0 Å². The van der Waals surface area contributed by atoms with E-state index >= 15 is 0 Å². The van der Waals surface area contributed by atoms with Crippen LogP contribution in [0.2, 0.25) is 0 Å². The zero-order chi connectivity index (χ0) is 15.2. The van der Waals surface area contributed by atoms with Crippen molar-refractivity contribution in [2.45, 2.75) is 51.4 Å². The smallest absolute Gasteiger partial charge is 0.0735 e. The van der Waals surface area contributed by atoms with Gasteiger partial charge in [0.25, 0.3) is 0 Å². The zero-order valence-electron chi connectivity index (χ0n) is 13.8. The standard InChI is InChI=1S/C18H29N3O/c1-2-21-10-4-6-17(21)14-20-11-7-18(8-12-20)22-15-16-5-3-9-19-13-16/h3,5,9,13,17-18H,2,4,6-8,10-12,14-15H2,1H3. The number of hydrogen-bond acceptors (Lipinski definition) is 4. The molecule has 0 aromatic carbocycles. The predicted octanol–water partition coefficient (Wildman–Crippen LogP) is 2.55. The van der Waals surface area contributed by atoms with Gasteiger partial charge in [0.05, 0.1) is 12.7 Å². The van der Waals surface area contributed by atoms with E-state index in [2.05, 4.69) is 27.8 Å². The van der Waals surface area contributed by atoms with Crippen molar-refractivity contribution in [3.8, 4) is 0 Å². The lowest BCUT2D eigenvalue weighted by Crippen LogP contribution is -2.44. The maximum Gasteiger partial charge on any atom is 0.0735 e. The molecule has 2 aliphatic heterocycles. The summed E-state index contributed by atoms with van der Waals surface area (Å²) in [5.41, 5.74) is 1.18. The summed E-state index contributed by atoms with van der Waals surface area (Å²) in [6.07, 6.45) is 9.22. The molecule has 0 amide bonds. The van der Waals surface area contributed by atoms with Gasteiger partial charge >= 0.3 is 0 Å². The van der Waals surface area contributed by atoms with Crippen LogP contribution < -0.4 is 0 Å². The van der Waals surface area contributed by atoms with Gasteiger partial charge in [-0.1, -0.05) is 13.0 Å². The highest BCUT2D eigenvalue weighted by Gasteiger charge is 2.27. The zero-order valence-corrected chi connectivity index (χ0v) is 13.8. The van der Waals surface area contributed by atoms with E-state index < -0.39 is 0 Å². The van der Waals surface area contributed by atoms with Crippen molar-refractivity contribution >= 4 is 0 Å². The molecule has 3 heterocycles. The molecule has 0 N–H and O–H groups in total. The first-order valence-corrected chi connectivity index (χ1v) is 8.82. The maximum atomic E-state index is 6.05. The van der Waals surface area contributed by atoms with Crippen molar-refractivity contribution in [2.75, 3.05) is 32.7 Å². The van der Waals surface area contributed by atoms with Gasteiger partial charge in [0.2, 0.25) is 0 Å². The number of likely N-dealkylation sites (tertiary alicyclic amines) is 2. The van der Waals surface area contributed by atoms with Crippen molar-refractivity contribution in [1.82, 2.24) is 14.8 Å². The largest absolute Gasteiger partial charge is 0.373 e. The molecule has 4 heteroatoms. The van der Waals surface area contributed by atoms with Gasteiger partial charge in [-0.2, -0.15) is 0 Å². The normalized spacial score (nSPS) is 24.9. The van der Waals surface area contributed by atoms with Crippen molar-refractivity contribution in [2.24, 2.45) is 0 Å². The predicted molar refractivity (Wildman–Crippen MR) is 88.8 cm³/mol. The molecule has 2 fully saturated rings. The Bertz CT molecular complexity index is 431. The summed E-state index contributed by atoms with van der Waals surface area (Å²) in [6.45, 7) is 9.11. The Morgan fingerprint density at radius 3 is 2.82 bits per heavy atom. The van der Waals surface area contributed by atoms with Crippen molar-refractivity contribution < 1.29 is 4.74 Å². The monoisotopic (exact) mass is 303 g/mol. The van der Waals surface area contributed by atoms with Gasteiger partial charge in [0.15, 0.2) is 0 Å². The number of hydrogen-bond donors (Lipinski definition) is 0. The van der Waals surface area contributed by atoms with Gasteiger partial charge in [-0.25, -0.2) is 0 Å². The summed E-state index contributed by atoms with van der Waals surface area (Å²) in [6, 6.07) is 4.85. The molecule has 1 aromatic rings. The lowest BCUT2D eigenvalue weighted by atomic mass is 10.1. The molecule has 3 rings (SSSR count). The van der Waals surface area contributed by atoms with Crippen LogP contribution in [0.3, 0.4) is 0 Å². The SMILES string of the molecule is CCN1CCCC1CN1CCC(OCc2cccnc2)CC1. The van der Waals surface area contributed by atoms with E-state index in [1.165, 1.54) is 64.0 Å². The van der Waals surface area contributed by atoms with Gasteiger partial charge in [-0.15, -0.1) is 0 Å². The molecule has 4 nitrogen and oxygen atoms in total. The Labute approximate surface area is 134 Å². The molecular weight excluding hydrogens is 274 g/mol. The molecule has 0 radical (unpaired) electrons. The van der Waals surface area contributed by atoms with Gasteiger partial charge in [-0.05, 0) is 50.4 Å². The van der Waals surface area contributed by atoms with Crippen molar-refractivity contribution in [3.05, 3.63) is 30.1 Å². The summed E-state index contributed by atoms with van der Waals surface area (Å²) >= 11 is 0. The minimum atomic E-state index is 0.419. The Morgan fingerprint density at radius 1 is 1.23 bits per heavy atom. The van der Waals surface area contributed by atoms with Crippen LogP contribution in [0, 0.1) is 0 Å². The number of ether oxygens (including phenoxy) is 1. The van der Waals surface area contributed by atoms with E-state index in [0.717, 1.165) is 6.04 Å². The van der Waals surface area contributed by atoms with Gasteiger partial charge in [-0.3, -0.25) is 9.88 Å². The average Bonchev–Trinajstić information content (AvgIpc) is 3.02. The molecular formula is C18H29N3O. The van der Waals surface area contributed by atoms with E-state index in [1.807, 2.05) is 18.5 Å². The average molecular weight is 303 g/mol. The Balaban J connectivity index is 1.37. The highest BCUT2D eigenvalue weighted by Crippen LogP contribution is 2.21. The van der Waals surface area contributed by atoms with E-state index in [-0.39, 0.29) is 0 Å². The maximum absolute atomic E-state index is 6.05. The number of aromatic nitrogens is 1. The number of nitrogens with zero attached hydrogens (tertiary/aromatic N) is 3. The molecule has 22 heavy (non-hydrogen) atoms. The third-order valence-corrected chi connectivity index (χ3v) is 5.12. The van der Waals surface area contributed by atoms with Crippen molar-refractivity contribution in [3.63, 3.8) is 0 Å². The fraction of sp³-hybridized carbons (Fsp3) is 0.722. The third-order valence-electron chi connectivity index (χ3n) is 5.12. The molecule has 0 spiro atoms. The van der Waals surface area contributed by atoms with Gasteiger partial charge in [0, 0.05) is 38.1 Å². The van der Waals surface area contributed by atoms with Crippen LogP contribution in [0.4, 0.5) is 0 Å². The minimum absolute atomic E-state index is 0.419. The molecule has 1 atom stereocenters. The fourth-order valence-electron chi connectivity index (χ4n) is 3.77. The second kappa shape index (κ2) is 8.04. The molecule has 0 bridgehead atoms. The number of rotatable bonds is 6. The van der Waals surface area contributed by atoms with E-state index in [1.54, 1.807) is 0 Å². The van der Waals surface area contributed by atoms with Crippen LogP contribution in [0.15, 0.2) is 24.5 Å². The summed E-state index contributed by atoms with van der Waals surface area (Å²) in [5.74, 6) is 0. The van der Waals surface area contributed by atoms with Crippen LogP contribution in [-0.2, 0) is 11.3 Å². The van der Waals surface area contributed by atoms with Crippen molar-refractivity contribution in [1.29, 1.82) is 0 Å². The van der Waals surface area contributed by atoms with Crippen LogP contribution in [0.25, 0.3) is 0 Å². The summed E-state index contributed by atoms with van der Waals surface area (Å²) < 4.78 is 6.05. The molecule has 1 unspecified atom stereocenters. The van der Waals surface area contributed by atoms with E-state index in [9.17, 15) is 0 Å². The molecule has 2 aliphatic rings. The summed E-state index contributed by atoms with van der Waals surface area (Å²) in [7, 11) is 0. The second-order valence-corrected chi connectivity index (χ2v) is 6.60. The Morgan fingerprint density at radius 2 is 2.09 bits per heavy atom. The highest BCUT2D eigenvalue weighted by molar-refractivity contribution is 5.06. The minimum Gasteiger partial charge on any atom is -0.373 e. The first kappa shape index (κ1) is 15.9. The van der Waals surface area contributed by atoms with Crippen LogP contribution in [0.5, 0.6) is 0 Å². The quantitative estimate of drug-likeness (QED) is 0.807. The topological polar surface area (TPSA) is 28.6 Å². The van der Waals surface area contributed by atoms with Crippen LogP contribution >= 0.6 is 0 Å². The number of piperidine rings is 1. The highest BCUT2D eigenvalue weighted by atomic mass is 16.5. The third kappa shape index (κ3) is 4.28. The summed E-state index contributed by atoms with van der Waals surface area (Å²) in [5, 5.41) is 0. The fourth-order valence-corrected chi connectivity index (χ4v) is 3.77. The molecule has 0 saturated carbocycles. The van der Waals surface area contributed by atoms with E-state index in [0.29, 0.717) is 12.7 Å². The Kier molecular flexibility index (Phi) is 5.82. The first-order chi connectivity index (χ1) is 10.8.